The highest BCUT2D eigenvalue weighted by Gasteiger charge is 2.31. The third-order valence-corrected chi connectivity index (χ3v) is 12.3. The van der Waals surface area contributed by atoms with Gasteiger partial charge in [0.1, 0.15) is 38.6 Å². The van der Waals surface area contributed by atoms with Crippen LogP contribution in [0.25, 0.3) is 0 Å². The number of carbonyl (C=O) groups is 2. The molecule has 2 heterocycles. The van der Waals surface area contributed by atoms with Crippen LogP contribution in [0.2, 0.25) is 0 Å². The molecule has 2 aromatic carbocycles. The molecule has 2 aliphatic heterocycles. The molecule has 0 bridgehead atoms. The summed E-state index contributed by atoms with van der Waals surface area (Å²) in [6.45, 7) is 9.26. The minimum atomic E-state index is -3.22. The first-order valence-electron chi connectivity index (χ1n) is 20.1. The normalized spacial score (nSPS) is 21.8. The highest BCUT2D eigenvalue weighted by molar-refractivity contribution is 7.90. The molecule has 0 N–H and O–H groups in total. The topological polar surface area (TPSA) is 164 Å². The molecule has 2 fully saturated rings. The zero-order chi connectivity index (χ0) is 42.3. The molecule has 2 saturated heterocycles. The molecule has 0 amide bonds. The van der Waals surface area contributed by atoms with Crippen LogP contribution in [0, 0.1) is 0 Å². The number of likely N-dealkylation sites (tertiary alicyclic amines) is 2. The number of sulfone groups is 2. The highest BCUT2D eigenvalue weighted by Crippen LogP contribution is 2.29. The van der Waals surface area contributed by atoms with E-state index in [1.807, 2.05) is 0 Å². The maximum Gasteiger partial charge on any atom is 0.331 e. The zero-order valence-electron chi connectivity index (χ0n) is 34.7. The van der Waals surface area contributed by atoms with Crippen LogP contribution in [0.5, 0.6) is 23.0 Å². The van der Waals surface area contributed by atoms with Crippen LogP contribution >= 0.6 is 0 Å². The second-order valence-electron chi connectivity index (χ2n) is 15.6. The van der Waals surface area contributed by atoms with E-state index in [2.05, 4.69) is 37.5 Å². The second-order valence-corrected chi connectivity index (χ2v) is 20.1. The van der Waals surface area contributed by atoms with E-state index in [1.54, 1.807) is 48.5 Å². The number of para-hydroxylation sites is 4. The Morgan fingerprint density at radius 3 is 1.21 bits per heavy atom. The fraction of sp³-hybridized carbons (Fsp3) is 0.619. The minimum absolute atomic E-state index is 0.0164. The summed E-state index contributed by atoms with van der Waals surface area (Å²) in [5, 5.41) is 0. The molecule has 0 aromatic heterocycles. The Hall–Kier alpha value is -3.86. The summed E-state index contributed by atoms with van der Waals surface area (Å²) in [6.07, 6.45) is 9.20. The van der Waals surface area contributed by atoms with Gasteiger partial charge in [0.25, 0.3) is 0 Å². The van der Waals surface area contributed by atoms with Crippen molar-refractivity contribution in [2.75, 3.05) is 63.5 Å². The monoisotopic (exact) mass is 850 g/mol. The third-order valence-electron chi connectivity index (χ3n) is 10.5. The van der Waals surface area contributed by atoms with Gasteiger partial charge in [0.15, 0.2) is 42.7 Å². The Morgan fingerprint density at radius 2 is 0.897 bits per heavy atom. The summed E-state index contributed by atoms with van der Waals surface area (Å²) in [4.78, 5) is 31.2. The van der Waals surface area contributed by atoms with E-state index < -0.39 is 43.8 Å². The number of ether oxygens (including phenoxy) is 6. The van der Waals surface area contributed by atoms with E-state index in [-0.39, 0.29) is 62.1 Å². The Kier molecular flexibility index (Phi) is 18.2. The summed E-state index contributed by atoms with van der Waals surface area (Å²) < 4.78 is 82.1. The first-order valence-corrected chi connectivity index (χ1v) is 24.2. The molecule has 2 aliphatic rings. The molecule has 58 heavy (non-hydrogen) atoms. The molecule has 14 nitrogen and oxygen atoms in total. The fourth-order valence-electron chi connectivity index (χ4n) is 7.28. The predicted octanol–water partition coefficient (Wildman–Crippen LogP) is 4.90. The third kappa shape index (κ3) is 16.4. The second kappa shape index (κ2) is 22.5. The van der Waals surface area contributed by atoms with Crippen molar-refractivity contribution in [3.05, 3.63) is 60.7 Å². The quantitative estimate of drug-likeness (QED) is 0.116. The number of nitrogens with zero attached hydrogens (tertiary/aromatic N) is 2. The maximum absolute atomic E-state index is 13.3. The van der Waals surface area contributed by atoms with Gasteiger partial charge in [0.2, 0.25) is 0 Å². The summed E-state index contributed by atoms with van der Waals surface area (Å²) >= 11 is 0. The zero-order valence-corrected chi connectivity index (χ0v) is 36.4. The number of hydrogen-bond acceptors (Lipinski definition) is 14. The number of rotatable bonds is 22. The molecule has 16 heteroatoms. The molecule has 2 aromatic rings. The fourth-order valence-corrected chi connectivity index (χ4v) is 8.05. The van der Waals surface area contributed by atoms with Gasteiger partial charge in [-0.15, -0.1) is 0 Å². The van der Waals surface area contributed by atoms with E-state index in [0.717, 1.165) is 63.2 Å². The van der Waals surface area contributed by atoms with Crippen LogP contribution < -0.4 is 18.9 Å². The van der Waals surface area contributed by atoms with Crippen LogP contribution in [-0.4, -0.2) is 138 Å². The molecule has 6 atom stereocenters. The van der Waals surface area contributed by atoms with Crippen molar-refractivity contribution in [2.24, 2.45) is 0 Å². The Morgan fingerprint density at radius 1 is 0.586 bits per heavy atom. The summed E-state index contributed by atoms with van der Waals surface area (Å²) in [5.41, 5.74) is 0. The predicted molar refractivity (Wildman–Crippen MR) is 222 cm³/mol. The van der Waals surface area contributed by atoms with Crippen molar-refractivity contribution in [1.82, 2.24) is 9.80 Å². The first-order chi connectivity index (χ1) is 27.5. The average Bonchev–Trinajstić information content (AvgIpc) is 3.15. The Balaban J connectivity index is 1.44. The van der Waals surface area contributed by atoms with Crippen molar-refractivity contribution >= 4 is 31.6 Å². The smallest absolute Gasteiger partial charge is 0.331 e. The average molecular weight is 851 g/mol. The molecular weight excluding hydrogens is 789 g/mol. The molecule has 0 aliphatic carbocycles. The van der Waals surface area contributed by atoms with Gasteiger partial charge in [-0.1, -0.05) is 37.1 Å². The van der Waals surface area contributed by atoms with E-state index in [0.29, 0.717) is 36.1 Å². The largest absolute Gasteiger partial charge is 0.489 e. The van der Waals surface area contributed by atoms with Crippen LogP contribution in [0.3, 0.4) is 0 Å². The van der Waals surface area contributed by atoms with Crippen LogP contribution in [-0.2, 0) is 38.7 Å². The molecule has 6 unspecified atom stereocenters. The van der Waals surface area contributed by atoms with E-state index in [9.17, 15) is 26.4 Å². The van der Waals surface area contributed by atoms with Crippen molar-refractivity contribution in [2.45, 2.75) is 103 Å². The standard InChI is InChI=1S/C42H62N2O12S2/c1-31-13-11-14-32(2)43(31)27-35(29-53-39-19-9-7-17-37(39)51-23-25-57(5,47)48)55-41(45)21-22-42(46)56-36(28-44-33(3)15-12-16-34(44)4)30-54-40-20-10-8-18-38(40)52-24-26-58(6,49)50/h7-10,17-22,31-36H,11-16,23-30H2,1-6H3/b22-21+. The number of esters is 2. The number of hydrogen-bond donors (Lipinski definition) is 0. The van der Waals surface area contributed by atoms with Gasteiger partial charge in [-0.2, -0.15) is 0 Å². The number of carbonyl (C=O) groups excluding carboxylic acids is 2. The Bertz CT molecular complexity index is 1720. The maximum atomic E-state index is 13.3. The van der Waals surface area contributed by atoms with Gasteiger partial charge < -0.3 is 28.4 Å². The van der Waals surface area contributed by atoms with E-state index in [4.69, 9.17) is 28.4 Å². The lowest BCUT2D eigenvalue weighted by Crippen LogP contribution is -2.49. The van der Waals surface area contributed by atoms with Crippen molar-refractivity contribution in [1.29, 1.82) is 0 Å². The summed E-state index contributed by atoms with van der Waals surface area (Å²) in [5.74, 6) is -0.290. The van der Waals surface area contributed by atoms with Crippen LogP contribution in [0.1, 0.15) is 66.2 Å². The summed E-state index contributed by atoms with van der Waals surface area (Å²) in [6, 6.07) is 14.9. The lowest BCUT2D eigenvalue weighted by molar-refractivity contribution is -0.149. The van der Waals surface area contributed by atoms with Crippen LogP contribution in [0.15, 0.2) is 60.7 Å². The molecular formula is C42H62N2O12S2. The first kappa shape index (κ1) is 46.8. The van der Waals surface area contributed by atoms with Gasteiger partial charge in [-0.05, 0) is 77.6 Å². The van der Waals surface area contributed by atoms with Gasteiger partial charge >= 0.3 is 11.9 Å². The van der Waals surface area contributed by atoms with Crippen molar-refractivity contribution in [3.8, 4) is 23.0 Å². The number of piperidine rings is 2. The molecule has 324 valence electrons. The van der Waals surface area contributed by atoms with Gasteiger partial charge in [-0.3, -0.25) is 9.80 Å². The van der Waals surface area contributed by atoms with Crippen LogP contribution in [0.4, 0.5) is 0 Å². The summed E-state index contributed by atoms with van der Waals surface area (Å²) in [7, 11) is -6.45. The SMILES string of the molecule is CC1CCCC(C)N1CC(COc1ccccc1OCCS(C)(=O)=O)OC(=O)/C=C/C(=O)OC(COc1ccccc1OCCS(C)(=O)=O)CN1C(C)CCCC1C. The molecule has 0 radical (unpaired) electrons. The highest BCUT2D eigenvalue weighted by atomic mass is 32.2. The van der Waals surface area contributed by atoms with Gasteiger partial charge in [0, 0.05) is 61.9 Å². The molecule has 4 rings (SSSR count). The molecule has 0 saturated carbocycles. The minimum Gasteiger partial charge on any atom is -0.489 e. The number of benzene rings is 2. The van der Waals surface area contributed by atoms with Gasteiger partial charge in [0.05, 0.1) is 11.5 Å². The van der Waals surface area contributed by atoms with Crippen molar-refractivity contribution in [3.63, 3.8) is 0 Å². The van der Waals surface area contributed by atoms with E-state index in [1.165, 1.54) is 0 Å². The lowest BCUT2D eigenvalue weighted by atomic mass is 9.97. The Labute approximate surface area is 345 Å². The van der Waals surface area contributed by atoms with Gasteiger partial charge in [-0.25, -0.2) is 26.4 Å². The van der Waals surface area contributed by atoms with E-state index >= 15 is 0 Å². The van der Waals surface area contributed by atoms with Crippen molar-refractivity contribution < 1.29 is 54.8 Å². The molecule has 0 spiro atoms. The lowest BCUT2D eigenvalue weighted by Gasteiger charge is -2.40.